The second-order valence-corrected chi connectivity index (χ2v) is 6.28. The van der Waals surface area contributed by atoms with Crippen LogP contribution in [0.4, 0.5) is 5.95 Å². The summed E-state index contributed by atoms with van der Waals surface area (Å²) in [5, 5.41) is 29.2. The standard InChI is InChI=1S/C11H13ClN4O3S/c12-8-4-1-2-16(9(4)15-11(13)14-8)10-7(19)6(18)5(3-17)20-10/h1-2,5-7,10,17-19H,3H2,(H2,13,14,15)/t5-,6+,7-,10-/m0/s1. The van der Waals surface area contributed by atoms with Crippen LogP contribution in [0.2, 0.25) is 5.15 Å². The number of nitrogens with two attached hydrogens (primary N) is 1. The number of hydrogen-bond donors (Lipinski definition) is 4. The zero-order chi connectivity index (χ0) is 14.4. The van der Waals surface area contributed by atoms with Gasteiger partial charge in [0.1, 0.15) is 22.3 Å². The quantitative estimate of drug-likeness (QED) is 0.576. The number of nitrogens with zero attached hydrogens (tertiary/aromatic N) is 3. The lowest BCUT2D eigenvalue weighted by molar-refractivity contribution is 0.0113. The molecular formula is C11H13ClN4O3S. The summed E-state index contributed by atoms with van der Waals surface area (Å²) >= 11 is 7.28. The van der Waals surface area contributed by atoms with Gasteiger partial charge in [0, 0.05) is 6.20 Å². The van der Waals surface area contributed by atoms with E-state index in [1.54, 1.807) is 16.8 Å². The van der Waals surface area contributed by atoms with Crippen LogP contribution in [0, 0.1) is 0 Å². The lowest BCUT2D eigenvalue weighted by atomic mass is 10.1. The van der Waals surface area contributed by atoms with E-state index in [9.17, 15) is 15.3 Å². The molecule has 20 heavy (non-hydrogen) atoms. The van der Waals surface area contributed by atoms with Crippen molar-refractivity contribution in [2.45, 2.75) is 22.8 Å². The minimum Gasteiger partial charge on any atom is -0.395 e. The largest absolute Gasteiger partial charge is 0.395 e. The first kappa shape index (κ1) is 13.9. The van der Waals surface area contributed by atoms with Crippen LogP contribution in [0.25, 0.3) is 11.0 Å². The van der Waals surface area contributed by atoms with Crippen molar-refractivity contribution in [1.82, 2.24) is 14.5 Å². The van der Waals surface area contributed by atoms with Crippen molar-refractivity contribution in [1.29, 1.82) is 0 Å². The molecule has 0 amide bonds. The normalized spacial score (nSPS) is 30.2. The van der Waals surface area contributed by atoms with Crippen LogP contribution in [-0.4, -0.2) is 53.9 Å². The van der Waals surface area contributed by atoms with Crippen molar-refractivity contribution in [2.24, 2.45) is 0 Å². The fourth-order valence-electron chi connectivity index (χ4n) is 2.33. The van der Waals surface area contributed by atoms with E-state index in [-0.39, 0.29) is 17.7 Å². The molecule has 3 heterocycles. The highest BCUT2D eigenvalue weighted by Crippen LogP contribution is 2.43. The molecule has 5 N–H and O–H groups in total. The van der Waals surface area contributed by atoms with Crippen LogP contribution in [0.5, 0.6) is 0 Å². The molecule has 3 rings (SSSR count). The molecule has 1 fully saturated rings. The van der Waals surface area contributed by atoms with Crippen LogP contribution in [-0.2, 0) is 0 Å². The molecule has 4 atom stereocenters. The Labute approximate surface area is 123 Å². The summed E-state index contributed by atoms with van der Waals surface area (Å²) in [6, 6.07) is 1.73. The summed E-state index contributed by atoms with van der Waals surface area (Å²) < 4.78 is 1.69. The van der Waals surface area contributed by atoms with Crippen molar-refractivity contribution in [3.05, 3.63) is 17.4 Å². The van der Waals surface area contributed by atoms with Crippen molar-refractivity contribution < 1.29 is 15.3 Å². The van der Waals surface area contributed by atoms with Gasteiger partial charge in [-0.15, -0.1) is 11.8 Å². The molecule has 9 heteroatoms. The van der Waals surface area contributed by atoms with Crippen LogP contribution in [0.1, 0.15) is 5.37 Å². The zero-order valence-electron chi connectivity index (χ0n) is 10.2. The van der Waals surface area contributed by atoms with E-state index < -0.39 is 22.8 Å². The summed E-state index contributed by atoms with van der Waals surface area (Å²) in [5.74, 6) is 0.0409. The number of aliphatic hydroxyl groups excluding tert-OH is 3. The minimum absolute atomic E-state index is 0.0409. The molecule has 1 saturated heterocycles. The summed E-state index contributed by atoms with van der Waals surface area (Å²) in [4.78, 5) is 7.99. The number of halogens is 1. The third-order valence-electron chi connectivity index (χ3n) is 3.33. The lowest BCUT2D eigenvalue weighted by Crippen LogP contribution is -2.32. The molecule has 108 valence electrons. The molecule has 1 aliphatic heterocycles. The number of hydrogen-bond acceptors (Lipinski definition) is 7. The number of rotatable bonds is 2. The monoisotopic (exact) mass is 316 g/mol. The van der Waals surface area contributed by atoms with Gasteiger partial charge < -0.3 is 25.6 Å². The van der Waals surface area contributed by atoms with E-state index in [4.69, 9.17) is 17.3 Å². The highest BCUT2D eigenvalue weighted by atomic mass is 35.5. The Morgan fingerprint density at radius 3 is 2.75 bits per heavy atom. The molecule has 0 unspecified atom stereocenters. The molecule has 1 aliphatic rings. The first-order valence-corrected chi connectivity index (χ1v) is 7.27. The van der Waals surface area contributed by atoms with Gasteiger partial charge in [-0.2, -0.15) is 4.98 Å². The van der Waals surface area contributed by atoms with Crippen molar-refractivity contribution in [3.8, 4) is 0 Å². The van der Waals surface area contributed by atoms with Crippen molar-refractivity contribution >= 4 is 40.3 Å². The Balaban J connectivity index is 2.07. The molecule has 0 aliphatic carbocycles. The average molecular weight is 317 g/mol. The Morgan fingerprint density at radius 2 is 2.10 bits per heavy atom. The Hall–Kier alpha value is -1.06. The summed E-state index contributed by atoms with van der Waals surface area (Å²) in [7, 11) is 0. The third-order valence-corrected chi connectivity index (χ3v) is 5.18. The number of thioether (sulfide) groups is 1. The molecule has 2 aromatic heterocycles. The highest BCUT2D eigenvalue weighted by molar-refractivity contribution is 8.00. The first-order valence-electron chi connectivity index (χ1n) is 5.95. The Bertz CT molecular complexity index is 652. The maximum absolute atomic E-state index is 10.1. The van der Waals surface area contributed by atoms with Crippen molar-refractivity contribution in [2.75, 3.05) is 12.3 Å². The van der Waals surface area contributed by atoms with E-state index in [1.807, 2.05) is 0 Å². The second-order valence-electron chi connectivity index (χ2n) is 4.56. The fourth-order valence-corrected chi connectivity index (χ4v) is 3.95. The number of nitrogen functional groups attached to an aromatic ring is 1. The molecule has 0 saturated carbocycles. The molecular weight excluding hydrogens is 304 g/mol. The molecule has 7 nitrogen and oxygen atoms in total. The average Bonchev–Trinajstić information content (AvgIpc) is 2.93. The van der Waals surface area contributed by atoms with Crippen LogP contribution >= 0.6 is 23.4 Å². The van der Waals surface area contributed by atoms with Crippen LogP contribution < -0.4 is 5.73 Å². The van der Waals surface area contributed by atoms with Crippen LogP contribution in [0.3, 0.4) is 0 Å². The SMILES string of the molecule is Nc1nc(Cl)c2ccn([C@H]3S[C@@H](CO)[C@@H](O)[C@@H]3O)c2n1. The topological polar surface area (TPSA) is 117 Å². The van der Waals surface area contributed by atoms with Crippen LogP contribution in [0.15, 0.2) is 12.3 Å². The van der Waals surface area contributed by atoms with E-state index >= 15 is 0 Å². The summed E-state index contributed by atoms with van der Waals surface area (Å²) in [6.07, 6.45) is -0.303. The van der Waals surface area contributed by atoms with Gasteiger partial charge in [0.25, 0.3) is 0 Å². The van der Waals surface area contributed by atoms with Gasteiger partial charge >= 0.3 is 0 Å². The number of aliphatic hydroxyl groups is 3. The third kappa shape index (κ3) is 2.04. The van der Waals surface area contributed by atoms with Gasteiger partial charge in [-0.05, 0) is 6.07 Å². The Morgan fingerprint density at radius 1 is 1.35 bits per heavy atom. The number of anilines is 1. The maximum Gasteiger partial charge on any atom is 0.223 e. The number of aromatic nitrogens is 3. The zero-order valence-corrected chi connectivity index (χ0v) is 11.8. The molecule has 0 aromatic carbocycles. The fraction of sp³-hybridized carbons (Fsp3) is 0.455. The first-order chi connectivity index (χ1) is 9.52. The van der Waals surface area contributed by atoms with Gasteiger partial charge in [-0.25, -0.2) is 4.98 Å². The van der Waals surface area contributed by atoms with Crippen molar-refractivity contribution in [3.63, 3.8) is 0 Å². The molecule has 0 spiro atoms. The predicted molar refractivity (Wildman–Crippen MR) is 76.5 cm³/mol. The van der Waals surface area contributed by atoms with Gasteiger partial charge in [-0.1, -0.05) is 11.6 Å². The van der Waals surface area contributed by atoms with Gasteiger partial charge in [0.15, 0.2) is 0 Å². The smallest absolute Gasteiger partial charge is 0.223 e. The summed E-state index contributed by atoms with van der Waals surface area (Å²) in [5.41, 5.74) is 6.08. The van der Waals surface area contributed by atoms with E-state index in [1.165, 1.54) is 11.8 Å². The van der Waals surface area contributed by atoms with Gasteiger partial charge in [-0.3, -0.25) is 0 Å². The predicted octanol–water partition coefficient (Wildman–Crippen LogP) is -0.00500. The number of fused-ring (bicyclic) bond motifs is 1. The molecule has 0 radical (unpaired) electrons. The molecule has 0 bridgehead atoms. The van der Waals surface area contributed by atoms with Gasteiger partial charge in [0.2, 0.25) is 5.95 Å². The highest BCUT2D eigenvalue weighted by Gasteiger charge is 2.43. The second kappa shape index (κ2) is 5.05. The summed E-state index contributed by atoms with van der Waals surface area (Å²) in [6.45, 7) is -0.212. The maximum atomic E-state index is 10.1. The minimum atomic E-state index is -1.01. The Kier molecular flexibility index (Phi) is 3.51. The lowest BCUT2D eigenvalue weighted by Gasteiger charge is -2.17. The van der Waals surface area contributed by atoms with Gasteiger partial charge in [0.05, 0.1) is 23.3 Å². The molecule has 2 aromatic rings. The van der Waals surface area contributed by atoms with E-state index in [0.29, 0.717) is 11.0 Å². The van der Waals surface area contributed by atoms with E-state index in [0.717, 1.165) is 0 Å². The van der Waals surface area contributed by atoms with E-state index in [2.05, 4.69) is 9.97 Å².